The van der Waals surface area contributed by atoms with Crippen LogP contribution in [0.3, 0.4) is 0 Å². The second-order valence-electron chi connectivity index (χ2n) is 7.61. The van der Waals surface area contributed by atoms with Gasteiger partial charge in [-0.2, -0.15) is 0 Å². The number of ether oxygens (including phenoxy) is 1. The van der Waals surface area contributed by atoms with E-state index in [1.807, 2.05) is 57.1 Å². The number of rotatable bonds is 2. The fraction of sp³-hybridized carbons (Fsp3) is 0.579. The summed E-state index contributed by atoms with van der Waals surface area (Å²) in [5.41, 5.74) is 0.379. The molecule has 1 aromatic carbocycles. The summed E-state index contributed by atoms with van der Waals surface area (Å²) in [6, 6.07) is 7.89. The van der Waals surface area contributed by atoms with Crippen molar-refractivity contribution in [1.29, 1.82) is 0 Å². The first kappa shape index (κ1) is 16.0. The number of anilines is 1. The Hall–Kier alpha value is -1.84. The summed E-state index contributed by atoms with van der Waals surface area (Å²) in [5.74, 6) is -0.263. The minimum absolute atomic E-state index is 0.0560. The molecule has 0 unspecified atom stereocenters. The molecule has 0 amide bonds. The highest BCUT2D eigenvalue weighted by atomic mass is 16.5. The van der Waals surface area contributed by atoms with Crippen molar-refractivity contribution in [2.75, 3.05) is 19.0 Å². The third-order valence-electron chi connectivity index (χ3n) is 5.46. The van der Waals surface area contributed by atoms with Crippen LogP contribution in [-0.4, -0.2) is 25.8 Å². The van der Waals surface area contributed by atoms with Gasteiger partial charge in [-0.3, -0.25) is 9.59 Å². The zero-order valence-corrected chi connectivity index (χ0v) is 14.4. The zero-order chi connectivity index (χ0) is 16.8. The van der Waals surface area contributed by atoms with Gasteiger partial charge in [-0.05, 0) is 44.4 Å². The van der Waals surface area contributed by atoms with Gasteiger partial charge >= 0.3 is 5.97 Å². The van der Waals surface area contributed by atoms with Crippen molar-refractivity contribution in [2.45, 2.75) is 45.6 Å². The Balaban J connectivity index is 1.95. The van der Waals surface area contributed by atoms with E-state index < -0.39 is 16.9 Å². The van der Waals surface area contributed by atoms with Crippen LogP contribution in [0.15, 0.2) is 24.3 Å². The van der Waals surface area contributed by atoms with Crippen LogP contribution in [0.2, 0.25) is 0 Å². The topological polar surface area (TPSA) is 46.6 Å². The fourth-order valence-corrected chi connectivity index (χ4v) is 4.04. The van der Waals surface area contributed by atoms with Crippen LogP contribution < -0.4 is 4.90 Å². The first-order valence-electron chi connectivity index (χ1n) is 8.32. The molecule has 1 saturated carbocycles. The molecule has 4 nitrogen and oxygen atoms in total. The molecule has 124 valence electrons. The lowest BCUT2D eigenvalue weighted by Crippen LogP contribution is -2.53. The maximum absolute atomic E-state index is 13.1. The van der Waals surface area contributed by atoms with Crippen molar-refractivity contribution >= 4 is 17.4 Å². The second-order valence-corrected chi connectivity index (χ2v) is 7.61. The maximum atomic E-state index is 13.1. The molecule has 0 radical (unpaired) electrons. The highest BCUT2D eigenvalue weighted by Gasteiger charge is 2.61. The van der Waals surface area contributed by atoms with Gasteiger partial charge in [0.25, 0.3) is 0 Å². The summed E-state index contributed by atoms with van der Waals surface area (Å²) >= 11 is 0. The van der Waals surface area contributed by atoms with E-state index in [1.54, 1.807) is 0 Å². The fourth-order valence-electron chi connectivity index (χ4n) is 4.04. The lowest BCUT2D eigenvalue weighted by molar-refractivity contribution is -0.189. The molecule has 0 aromatic heterocycles. The van der Waals surface area contributed by atoms with Crippen LogP contribution >= 0.6 is 0 Å². The number of esters is 1. The molecule has 1 atom stereocenters. The van der Waals surface area contributed by atoms with Crippen molar-refractivity contribution < 1.29 is 14.3 Å². The lowest BCUT2D eigenvalue weighted by atomic mass is 9.64. The van der Waals surface area contributed by atoms with Crippen molar-refractivity contribution in [3.8, 4) is 0 Å². The molecule has 4 heteroatoms. The highest BCUT2D eigenvalue weighted by molar-refractivity contribution is 6.08. The van der Waals surface area contributed by atoms with Crippen LogP contribution in [0, 0.1) is 10.8 Å². The van der Waals surface area contributed by atoms with Gasteiger partial charge in [0.15, 0.2) is 5.78 Å². The number of hydrogen-bond donors (Lipinski definition) is 0. The van der Waals surface area contributed by atoms with E-state index in [-0.39, 0.29) is 11.8 Å². The maximum Gasteiger partial charge on any atom is 0.320 e. The van der Waals surface area contributed by atoms with Gasteiger partial charge in [0.2, 0.25) is 0 Å². The van der Waals surface area contributed by atoms with Crippen LogP contribution in [0.1, 0.15) is 51.2 Å². The third-order valence-corrected chi connectivity index (χ3v) is 5.46. The van der Waals surface area contributed by atoms with E-state index in [0.29, 0.717) is 12.8 Å². The molecule has 2 fully saturated rings. The molecule has 1 heterocycles. The Labute approximate surface area is 137 Å². The van der Waals surface area contributed by atoms with Crippen molar-refractivity contribution in [3.63, 3.8) is 0 Å². The number of nitrogens with zero attached hydrogens (tertiary/aromatic N) is 1. The molecule has 0 N–H and O–H groups in total. The smallest absolute Gasteiger partial charge is 0.320 e. The molecule has 1 aliphatic heterocycles. The summed E-state index contributed by atoms with van der Waals surface area (Å²) in [5, 5.41) is 0. The number of cyclic esters (lactones) is 1. The Bertz CT molecular complexity index is 625. The van der Waals surface area contributed by atoms with Gasteiger partial charge in [0.05, 0.1) is 5.41 Å². The first-order chi connectivity index (χ1) is 10.8. The van der Waals surface area contributed by atoms with Gasteiger partial charge < -0.3 is 9.64 Å². The van der Waals surface area contributed by atoms with E-state index in [4.69, 9.17) is 4.74 Å². The highest BCUT2D eigenvalue weighted by Crippen LogP contribution is 2.53. The van der Waals surface area contributed by atoms with E-state index in [1.165, 1.54) is 0 Å². The van der Waals surface area contributed by atoms with Gasteiger partial charge in [0.1, 0.15) is 11.5 Å². The first-order valence-corrected chi connectivity index (χ1v) is 8.32. The number of benzene rings is 1. The second kappa shape index (κ2) is 5.36. The molecule has 1 spiro atoms. The van der Waals surface area contributed by atoms with Gasteiger partial charge in [0, 0.05) is 19.8 Å². The van der Waals surface area contributed by atoms with Crippen LogP contribution in [0.5, 0.6) is 0 Å². The Morgan fingerprint density at radius 2 is 1.61 bits per heavy atom. The van der Waals surface area contributed by atoms with Crippen molar-refractivity contribution in [1.82, 2.24) is 0 Å². The predicted molar refractivity (Wildman–Crippen MR) is 89.3 cm³/mol. The molecule has 1 aliphatic carbocycles. The van der Waals surface area contributed by atoms with Gasteiger partial charge in [-0.15, -0.1) is 0 Å². The number of carbonyl (C=O) groups excluding carboxylic acids is 2. The minimum Gasteiger partial charge on any atom is -0.456 e. The minimum atomic E-state index is -0.885. The standard InChI is InChI=1S/C19H25NO3/c1-18(2)15(13-7-9-14(10-8-13)20(3)4)23-17(22)19(16(18)21)11-5-6-12-19/h7-10,15H,5-6,11-12H2,1-4H3/t15-/m0/s1. The molecule has 3 rings (SSSR count). The Kier molecular flexibility index (Phi) is 3.74. The molecular weight excluding hydrogens is 290 g/mol. The number of ketones is 1. The summed E-state index contributed by atoms with van der Waals surface area (Å²) in [7, 11) is 3.96. The normalized spacial score (nSPS) is 25.5. The Morgan fingerprint density at radius 1 is 1.04 bits per heavy atom. The lowest BCUT2D eigenvalue weighted by Gasteiger charge is -2.44. The molecule has 2 aliphatic rings. The number of Topliss-reactive ketones (excluding diaryl/α,β-unsaturated/α-hetero) is 1. The van der Waals surface area contributed by atoms with E-state index in [0.717, 1.165) is 24.1 Å². The van der Waals surface area contributed by atoms with Crippen molar-refractivity contribution in [3.05, 3.63) is 29.8 Å². The summed E-state index contributed by atoms with van der Waals surface area (Å²) in [4.78, 5) is 27.8. The summed E-state index contributed by atoms with van der Waals surface area (Å²) in [6.45, 7) is 3.82. The van der Waals surface area contributed by atoms with Crippen LogP contribution in [-0.2, 0) is 14.3 Å². The number of carbonyl (C=O) groups is 2. The molecule has 1 saturated heterocycles. The third kappa shape index (κ3) is 2.35. The van der Waals surface area contributed by atoms with E-state index in [9.17, 15) is 9.59 Å². The average Bonchev–Trinajstić information content (AvgIpc) is 3.01. The van der Waals surface area contributed by atoms with Gasteiger partial charge in [-0.1, -0.05) is 25.0 Å². The number of hydrogen-bond acceptors (Lipinski definition) is 4. The SMILES string of the molecule is CN(C)c1ccc([C@@H]2OC(=O)C3(CCCC3)C(=O)C2(C)C)cc1. The summed E-state index contributed by atoms with van der Waals surface area (Å²) < 4.78 is 5.82. The van der Waals surface area contributed by atoms with Crippen LogP contribution in [0.25, 0.3) is 0 Å². The van der Waals surface area contributed by atoms with E-state index in [2.05, 4.69) is 0 Å². The van der Waals surface area contributed by atoms with E-state index >= 15 is 0 Å². The molecule has 23 heavy (non-hydrogen) atoms. The van der Waals surface area contributed by atoms with Gasteiger partial charge in [-0.25, -0.2) is 0 Å². The molecule has 1 aromatic rings. The Morgan fingerprint density at radius 3 is 2.13 bits per heavy atom. The quantitative estimate of drug-likeness (QED) is 0.619. The zero-order valence-electron chi connectivity index (χ0n) is 14.4. The monoisotopic (exact) mass is 315 g/mol. The largest absolute Gasteiger partial charge is 0.456 e. The molecule has 0 bridgehead atoms. The average molecular weight is 315 g/mol. The predicted octanol–water partition coefficient (Wildman–Crippen LogP) is 3.51. The van der Waals surface area contributed by atoms with Crippen molar-refractivity contribution in [2.24, 2.45) is 10.8 Å². The summed E-state index contributed by atoms with van der Waals surface area (Å²) in [6.07, 6.45) is 2.63. The van der Waals surface area contributed by atoms with Crippen LogP contribution in [0.4, 0.5) is 5.69 Å². The molecular formula is C19H25NO3.